The van der Waals surface area contributed by atoms with E-state index < -0.39 is 0 Å². The molecule has 0 N–H and O–H groups in total. The number of ether oxygens (including phenoxy) is 1. The Balaban J connectivity index is 1.72. The lowest BCUT2D eigenvalue weighted by Crippen LogP contribution is -2.12. The first-order valence-electron chi connectivity index (χ1n) is 8.71. The number of thioether (sulfide) groups is 1. The van der Waals surface area contributed by atoms with Crippen LogP contribution in [0.4, 0.5) is 0 Å². The second-order valence-corrected chi connectivity index (χ2v) is 7.96. The Labute approximate surface area is 173 Å². The Bertz CT molecular complexity index is 929. The van der Waals surface area contributed by atoms with Crippen LogP contribution in [0.5, 0.6) is 5.75 Å². The number of nitrogens with zero attached hydrogens (tertiary/aromatic N) is 3. The summed E-state index contributed by atoms with van der Waals surface area (Å²) in [5.74, 6) is 2.39. The average molecular weight is 422 g/mol. The Kier molecular flexibility index (Phi) is 6.68. The second kappa shape index (κ2) is 9.00. The molecule has 0 aliphatic heterocycles. The molecule has 4 nitrogen and oxygen atoms in total. The van der Waals surface area contributed by atoms with Crippen LogP contribution in [0.15, 0.2) is 47.6 Å². The minimum atomic E-state index is -0.196. The summed E-state index contributed by atoms with van der Waals surface area (Å²) in [5, 5.41) is 10.7. The van der Waals surface area contributed by atoms with Crippen molar-refractivity contribution in [2.24, 2.45) is 0 Å². The van der Waals surface area contributed by atoms with Crippen molar-refractivity contribution in [3.8, 4) is 5.75 Å². The zero-order valence-electron chi connectivity index (χ0n) is 15.4. The van der Waals surface area contributed by atoms with Gasteiger partial charge in [-0.2, -0.15) is 0 Å². The van der Waals surface area contributed by atoms with Crippen molar-refractivity contribution >= 4 is 35.0 Å². The smallest absolute Gasteiger partial charge is 0.191 e. The molecular weight excluding hydrogens is 401 g/mol. The van der Waals surface area contributed by atoms with E-state index in [1.54, 1.807) is 11.8 Å². The van der Waals surface area contributed by atoms with Gasteiger partial charge in [-0.25, -0.2) is 0 Å². The molecule has 7 heteroatoms. The molecule has 0 spiro atoms. The van der Waals surface area contributed by atoms with Gasteiger partial charge < -0.3 is 9.30 Å². The molecule has 3 aromatic rings. The molecule has 0 bridgehead atoms. The quantitative estimate of drug-likeness (QED) is 0.416. The van der Waals surface area contributed by atoms with E-state index in [0.29, 0.717) is 10.0 Å². The van der Waals surface area contributed by atoms with Gasteiger partial charge in [0.05, 0.1) is 10.0 Å². The molecule has 0 amide bonds. The van der Waals surface area contributed by atoms with E-state index in [-0.39, 0.29) is 6.10 Å². The van der Waals surface area contributed by atoms with Gasteiger partial charge in [-0.05, 0) is 56.2 Å². The van der Waals surface area contributed by atoms with Crippen molar-refractivity contribution in [3.05, 3.63) is 69.5 Å². The normalized spacial score (nSPS) is 12.2. The first kappa shape index (κ1) is 20.1. The highest BCUT2D eigenvalue weighted by molar-refractivity contribution is 7.98. The van der Waals surface area contributed by atoms with Crippen LogP contribution in [0.3, 0.4) is 0 Å². The van der Waals surface area contributed by atoms with E-state index in [4.69, 9.17) is 27.9 Å². The molecule has 0 saturated carbocycles. The van der Waals surface area contributed by atoms with Crippen molar-refractivity contribution < 1.29 is 4.74 Å². The highest BCUT2D eigenvalue weighted by atomic mass is 35.5. The molecule has 3 rings (SSSR count). The molecule has 142 valence electrons. The summed E-state index contributed by atoms with van der Waals surface area (Å²) in [6, 6.07) is 13.7. The Morgan fingerprint density at radius 1 is 1.11 bits per heavy atom. The zero-order chi connectivity index (χ0) is 19.4. The molecule has 1 aromatic heterocycles. The number of aromatic nitrogens is 3. The van der Waals surface area contributed by atoms with Gasteiger partial charge >= 0.3 is 0 Å². The lowest BCUT2D eigenvalue weighted by Gasteiger charge is -2.16. The van der Waals surface area contributed by atoms with Gasteiger partial charge in [0.2, 0.25) is 0 Å². The minimum Gasteiger partial charge on any atom is -0.483 e. The van der Waals surface area contributed by atoms with Crippen LogP contribution in [0, 0.1) is 6.92 Å². The lowest BCUT2D eigenvalue weighted by molar-refractivity contribution is 0.210. The summed E-state index contributed by atoms with van der Waals surface area (Å²) in [6.45, 7) is 6.89. The predicted molar refractivity (Wildman–Crippen MR) is 112 cm³/mol. The SMILES string of the molecule is CCn1c(SCc2ccc(Cl)c(Cl)c2)nnc1C(C)Oc1cccc(C)c1. The van der Waals surface area contributed by atoms with Crippen LogP contribution >= 0.6 is 35.0 Å². The second-order valence-electron chi connectivity index (χ2n) is 6.20. The van der Waals surface area contributed by atoms with Gasteiger partial charge in [0.25, 0.3) is 0 Å². The highest BCUT2D eigenvalue weighted by Gasteiger charge is 2.19. The number of hydrogen-bond acceptors (Lipinski definition) is 4. The summed E-state index contributed by atoms with van der Waals surface area (Å²) in [7, 11) is 0. The van der Waals surface area contributed by atoms with Crippen molar-refractivity contribution in [2.75, 3.05) is 0 Å². The fourth-order valence-corrected chi connectivity index (χ4v) is 4.00. The maximum atomic E-state index is 6.10. The number of benzene rings is 2. The predicted octanol–water partition coefficient (Wildman–Crippen LogP) is 6.35. The number of rotatable bonds is 7. The molecule has 1 unspecified atom stereocenters. The van der Waals surface area contributed by atoms with E-state index in [2.05, 4.69) is 21.7 Å². The van der Waals surface area contributed by atoms with Gasteiger partial charge in [-0.3, -0.25) is 0 Å². The molecule has 0 aliphatic carbocycles. The summed E-state index contributed by atoms with van der Waals surface area (Å²) in [5.41, 5.74) is 2.25. The van der Waals surface area contributed by atoms with Crippen LogP contribution in [-0.2, 0) is 12.3 Å². The van der Waals surface area contributed by atoms with Crippen molar-refractivity contribution in [1.29, 1.82) is 0 Å². The van der Waals surface area contributed by atoms with Crippen molar-refractivity contribution in [1.82, 2.24) is 14.8 Å². The van der Waals surface area contributed by atoms with Crippen LogP contribution < -0.4 is 4.74 Å². The molecule has 0 radical (unpaired) electrons. The first-order chi connectivity index (χ1) is 13.0. The monoisotopic (exact) mass is 421 g/mol. The van der Waals surface area contributed by atoms with E-state index >= 15 is 0 Å². The fraction of sp³-hybridized carbons (Fsp3) is 0.300. The third-order valence-corrected chi connectivity index (χ3v) is 5.86. The summed E-state index contributed by atoms with van der Waals surface area (Å²) < 4.78 is 8.15. The van der Waals surface area contributed by atoms with Crippen molar-refractivity contribution in [3.63, 3.8) is 0 Å². The molecule has 27 heavy (non-hydrogen) atoms. The largest absolute Gasteiger partial charge is 0.483 e. The van der Waals surface area contributed by atoms with Gasteiger partial charge in [-0.15, -0.1) is 10.2 Å². The standard InChI is InChI=1S/C20H21Cl2N3OS/c1-4-25-19(14(3)26-16-7-5-6-13(2)10-16)23-24-20(25)27-12-15-8-9-17(21)18(22)11-15/h5-11,14H,4,12H2,1-3H3. The van der Waals surface area contributed by atoms with Crippen LogP contribution in [-0.4, -0.2) is 14.8 Å². The number of aryl methyl sites for hydroxylation is 1. The Morgan fingerprint density at radius 2 is 1.93 bits per heavy atom. The van der Waals surface area contributed by atoms with Gasteiger partial charge in [0.15, 0.2) is 17.1 Å². The first-order valence-corrected chi connectivity index (χ1v) is 10.4. The third-order valence-electron chi connectivity index (χ3n) is 4.08. The van der Waals surface area contributed by atoms with Crippen LogP contribution in [0.25, 0.3) is 0 Å². The molecule has 0 aliphatic rings. The number of hydrogen-bond donors (Lipinski definition) is 0. The maximum Gasteiger partial charge on any atom is 0.191 e. The third kappa shape index (κ3) is 4.98. The Morgan fingerprint density at radius 3 is 2.63 bits per heavy atom. The molecule has 0 fully saturated rings. The fourth-order valence-electron chi connectivity index (χ4n) is 2.73. The van der Waals surface area contributed by atoms with Gasteiger partial charge in [-0.1, -0.05) is 53.2 Å². The Hall–Kier alpha value is -1.69. The molecule has 0 saturated heterocycles. The molecule has 2 aromatic carbocycles. The van der Waals surface area contributed by atoms with Gasteiger partial charge in [0, 0.05) is 12.3 Å². The minimum absolute atomic E-state index is 0.196. The van der Waals surface area contributed by atoms with Crippen LogP contribution in [0.2, 0.25) is 10.0 Å². The van der Waals surface area contributed by atoms with E-state index in [1.165, 1.54) is 0 Å². The molecule has 1 atom stereocenters. The lowest BCUT2D eigenvalue weighted by atomic mass is 10.2. The summed E-state index contributed by atoms with van der Waals surface area (Å²) >= 11 is 13.7. The van der Waals surface area contributed by atoms with E-state index in [0.717, 1.165) is 40.2 Å². The van der Waals surface area contributed by atoms with Crippen molar-refractivity contribution in [2.45, 2.75) is 44.3 Å². The average Bonchev–Trinajstić information content (AvgIpc) is 3.06. The summed E-state index contributed by atoms with van der Waals surface area (Å²) in [4.78, 5) is 0. The van der Waals surface area contributed by atoms with Gasteiger partial charge in [0.1, 0.15) is 5.75 Å². The molecular formula is C20H21Cl2N3OS. The number of halogens is 2. The topological polar surface area (TPSA) is 39.9 Å². The molecule has 1 heterocycles. The van der Waals surface area contributed by atoms with E-state index in [9.17, 15) is 0 Å². The van der Waals surface area contributed by atoms with E-state index in [1.807, 2.05) is 56.3 Å². The summed E-state index contributed by atoms with van der Waals surface area (Å²) in [6.07, 6.45) is -0.196. The zero-order valence-corrected chi connectivity index (χ0v) is 17.8. The maximum absolute atomic E-state index is 6.10. The van der Waals surface area contributed by atoms with Crippen LogP contribution in [0.1, 0.15) is 36.9 Å². The highest BCUT2D eigenvalue weighted by Crippen LogP contribution is 2.29.